The van der Waals surface area contributed by atoms with Gasteiger partial charge >= 0.3 is 0 Å². The Balaban J connectivity index is 3.98. The largest absolute Gasteiger partial charge is 0.313 e. The maximum Gasteiger partial charge on any atom is 0.0238 e. The van der Waals surface area contributed by atoms with Crippen LogP contribution in [-0.2, 0) is 0 Å². The van der Waals surface area contributed by atoms with Crippen LogP contribution < -0.4 is 5.32 Å². The molecule has 0 aliphatic carbocycles. The van der Waals surface area contributed by atoms with Crippen LogP contribution in [0.25, 0.3) is 0 Å². The van der Waals surface area contributed by atoms with Crippen LogP contribution >= 0.6 is 11.6 Å². The van der Waals surface area contributed by atoms with Crippen LogP contribution in [0.4, 0.5) is 0 Å². The molecule has 0 aromatic carbocycles. The predicted molar refractivity (Wildman–Crippen MR) is 66.0 cm³/mol. The van der Waals surface area contributed by atoms with Gasteiger partial charge in [0.15, 0.2) is 0 Å². The highest BCUT2D eigenvalue weighted by molar-refractivity contribution is 6.17. The highest BCUT2D eigenvalue weighted by Crippen LogP contribution is 2.22. The van der Waals surface area contributed by atoms with Crippen molar-refractivity contribution >= 4 is 11.6 Å². The van der Waals surface area contributed by atoms with E-state index in [2.05, 4.69) is 39.9 Å². The van der Waals surface area contributed by atoms with Crippen LogP contribution in [-0.4, -0.2) is 18.5 Å². The van der Waals surface area contributed by atoms with Gasteiger partial charge in [-0.3, -0.25) is 0 Å². The van der Waals surface area contributed by atoms with Crippen LogP contribution in [0, 0.1) is 11.3 Å². The van der Waals surface area contributed by atoms with Crippen LogP contribution in [0.5, 0.6) is 0 Å². The minimum Gasteiger partial charge on any atom is -0.313 e. The van der Waals surface area contributed by atoms with E-state index >= 15 is 0 Å². The van der Waals surface area contributed by atoms with E-state index in [4.69, 9.17) is 11.6 Å². The number of alkyl halides is 1. The van der Waals surface area contributed by atoms with Crippen LogP contribution in [0.1, 0.15) is 47.5 Å². The summed E-state index contributed by atoms with van der Waals surface area (Å²) in [4.78, 5) is 0. The maximum absolute atomic E-state index is 5.81. The highest BCUT2D eigenvalue weighted by atomic mass is 35.5. The molecule has 0 aliphatic heterocycles. The normalized spacial score (nSPS) is 16.7. The predicted octanol–water partition coefficient (Wildman–Crippen LogP) is 3.67. The van der Waals surface area contributed by atoms with E-state index in [0.29, 0.717) is 11.5 Å². The number of nitrogens with one attached hydrogen (secondary N) is 1. The molecule has 2 unspecified atom stereocenters. The second-order valence-electron chi connectivity index (χ2n) is 5.32. The smallest absolute Gasteiger partial charge is 0.0238 e. The summed E-state index contributed by atoms with van der Waals surface area (Å²) >= 11 is 5.81. The molecule has 0 amide bonds. The van der Waals surface area contributed by atoms with Gasteiger partial charge in [0.05, 0.1) is 0 Å². The molecule has 1 N–H and O–H groups in total. The summed E-state index contributed by atoms with van der Waals surface area (Å²) in [5.41, 5.74) is 0.308. The lowest BCUT2D eigenvalue weighted by Crippen LogP contribution is -2.42. The molecule has 0 aromatic rings. The Morgan fingerprint density at radius 2 is 1.86 bits per heavy atom. The topological polar surface area (TPSA) is 12.0 Å². The van der Waals surface area contributed by atoms with Crippen molar-refractivity contribution in [2.45, 2.75) is 53.5 Å². The second kappa shape index (κ2) is 6.68. The Labute approximate surface area is 94.6 Å². The lowest BCUT2D eigenvalue weighted by atomic mass is 9.85. The van der Waals surface area contributed by atoms with Gasteiger partial charge in [0.2, 0.25) is 0 Å². The molecule has 0 heterocycles. The third-order valence-corrected chi connectivity index (χ3v) is 3.07. The molecule has 0 radical (unpaired) electrons. The zero-order valence-electron chi connectivity index (χ0n) is 10.4. The van der Waals surface area contributed by atoms with Crippen LogP contribution in [0.3, 0.4) is 0 Å². The molecule has 2 atom stereocenters. The molecule has 0 spiro atoms. The molecule has 0 saturated carbocycles. The summed E-state index contributed by atoms with van der Waals surface area (Å²) in [6.45, 7) is 12.4. The van der Waals surface area contributed by atoms with Gasteiger partial charge in [0, 0.05) is 11.9 Å². The molecule has 0 aliphatic rings. The summed E-state index contributed by atoms with van der Waals surface area (Å²) in [5.74, 6) is 1.50. The Morgan fingerprint density at radius 1 is 1.29 bits per heavy atom. The van der Waals surface area contributed by atoms with Crippen molar-refractivity contribution in [3.63, 3.8) is 0 Å². The van der Waals surface area contributed by atoms with Gasteiger partial charge in [-0.25, -0.2) is 0 Å². The summed E-state index contributed by atoms with van der Waals surface area (Å²) in [6, 6.07) is 0.536. The summed E-state index contributed by atoms with van der Waals surface area (Å²) in [5, 5.41) is 3.63. The third-order valence-electron chi connectivity index (χ3n) is 2.85. The fourth-order valence-corrected chi connectivity index (χ4v) is 1.66. The van der Waals surface area contributed by atoms with Crippen molar-refractivity contribution in [2.75, 3.05) is 12.4 Å². The van der Waals surface area contributed by atoms with Crippen LogP contribution in [0.2, 0.25) is 0 Å². The zero-order valence-corrected chi connectivity index (χ0v) is 11.1. The van der Waals surface area contributed by atoms with Gasteiger partial charge in [0.25, 0.3) is 0 Å². The van der Waals surface area contributed by atoms with Gasteiger partial charge in [0.1, 0.15) is 0 Å². The fraction of sp³-hybridized carbons (Fsp3) is 1.00. The number of hydrogen-bond acceptors (Lipinski definition) is 1. The summed E-state index contributed by atoms with van der Waals surface area (Å²) in [7, 11) is 0. The molecule has 0 rings (SSSR count). The zero-order chi connectivity index (χ0) is 11.2. The van der Waals surface area contributed by atoms with Gasteiger partial charge in [-0.15, -0.1) is 11.6 Å². The van der Waals surface area contributed by atoms with E-state index in [1.165, 1.54) is 6.42 Å². The Morgan fingerprint density at radius 3 is 2.21 bits per heavy atom. The second-order valence-corrected chi connectivity index (χ2v) is 5.70. The first-order valence-electron chi connectivity index (χ1n) is 5.71. The summed E-state index contributed by atoms with van der Waals surface area (Å²) < 4.78 is 0. The Hall–Kier alpha value is 0.250. The maximum atomic E-state index is 5.81. The first-order valence-corrected chi connectivity index (χ1v) is 6.24. The van der Waals surface area contributed by atoms with E-state index in [0.717, 1.165) is 24.8 Å². The average Bonchev–Trinajstić information content (AvgIpc) is 2.09. The number of rotatable bonds is 6. The molecule has 0 bridgehead atoms. The first-order chi connectivity index (χ1) is 6.41. The number of hydrogen-bond donors (Lipinski definition) is 1. The molecular formula is C12H26ClN. The van der Waals surface area contributed by atoms with Gasteiger partial charge in [-0.2, -0.15) is 0 Å². The lowest BCUT2D eigenvalue weighted by Gasteiger charge is -2.32. The van der Waals surface area contributed by atoms with Crippen molar-refractivity contribution < 1.29 is 0 Å². The fourth-order valence-electron chi connectivity index (χ4n) is 1.44. The molecule has 0 saturated heterocycles. The Bertz CT molecular complexity index is 140. The van der Waals surface area contributed by atoms with Crippen molar-refractivity contribution in [3.05, 3.63) is 0 Å². The molecule has 0 aromatic heterocycles. The van der Waals surface area contributed by atoms with E-state index in [-0.39, 0.29) is 0 Å². The lowest BCUT2D eigenvalue weighted by molar-refractivity contribution is 0.251. The van der Waals surface area contributed by atoms with E-state index in [1.807, 2.05) is 0 Å². The standard InChI is InChI=1S/C12H26ClN/c1-6-10(2)9-14-11(7-8-13)12(3,4)5/h10-11,14H,6-9H2,1-5H3. The average molecular weight is 220 g/mol. The van der Waals surface area contributed by atoms with Crippen LogP contribution in [0.15, 0.2) is 0 Å². The van der Waals surface area contributed by atoms with Gasteiger partial charge in [-0.1, -0.05) is 41.0 Å². The van der Waals surface area contributed by atoms with E-state index < -0.39 is 0 Å². The first kappa shape index (κ1) is 14.2. The SMILES string of the molecule is CCC(C)CNC(CCCl)C(C)(C)C. The van der Waals surface area contributed by atoms with Crippen molar-refractivity contribution in [3.8, 4) is 0 Å². The molecule has 0 fully saturated rings. The highest BCUT2D eigenvalue weighted by Gasteiger charge is 2.23. The van der Waals surface area contributed by atoms with E-state index in [9.17, 15) is 0 Å². The number of halogens is 1. The Kier molecular flexibility index (Phi) is 6.80. The molecule has 14 heavy (non-hydrogen) atoms. The molecule has 86 valence electrons. The minimum atomic E-state index is 0.308. The van der Waals surface area contributed by atoms with Crippen molar-refractivity contribution in [1.82, 2.24) is 5.32 Å². The van der Waals surface area contributed by atoms with E-state index in [1.54, 1.807) is 0 Å². The summed E-state index contributed by atoms with van der Waals surface area (Å²) in [6.07, 6.45) is 2.30. The molecule has 1 nitrogen and oxygen atoms in total. The minimum absolute atomic E-state index is 0.308. The van der Waals surface area contributed by atoms with Gasteiger partial charge < -0.3 is 5.32 Å². The van der Waals surface area contributed by atoms with Gasteiger partial charge in [-0.05, 0) is 24.3 Å². The molecular weight excluding hydrogens is 194 g/mol. The quantitative estimate of drug-likeness (QED) is 0.673. The molecule has 2 heteroatoms. The van der Waals surface area contributed by atoms with Crippen molar-refractivity contribution in [1.29, 1.82) is 0 Å². The third kappa shape index (κ3) is 5.87. The van der Waals surface area contributed by atoms with Crippen molar-refractivity contribution in [2.24, 2.45) is 11.3 Å². The monoisotopic (exact) mass is 219 g/mol.